The third-order valence-electron chi connectivity index (χ3n) is 6.79. The van der Waals surface area contributed by atoms with Gasteiger partial charge in [0.25, 0.3) is 0 Å². The quantitative estimate of drug-likeness (QED) is 0.771. The van der Waals surface area contributed by atoms with E-state index in [-0.39, 0.29) is 17.9 Å². The van der Waals surface area contributed by atoms with E-state index in [1.807, 2.05) is 23.0 Å². The Balaban J connectivity index is 1.38. The van der Waals surface area contributed by atoms with Crippen LogP contribution in [0.1, 0.15) is 44.9 Å². The van der Waals surface area contributed by atoms with Crippen LogP contribution in [0.15, 0.2) is 12.4 Å². The van der Waals surface area contributed by atoms with E-state index in [4.69, 9.17) is 0 Å². The van der Waals surface area contributed by atoms with Crippen LogP contribution in [0, 0.1) is 16.7 Å². The Hall–Kier alpha value is -2.40. The van der Waals surface area contributed by atoms with E-state index < -0.39 is 5.41 Å². The zero-order valence-electron chi connectivity index (χ0n) is 17.2. The average Bonchev–Trinajstić information content (AvgIpc) is 3.20. The topological polar surface area (TPSA) is 85.5 Å². The van der Waals surface area contributed by atoms with Crippen LogP contribution in [0.25, 0.3) is 0 Å². The largest absolute Gasteiger partial charge is 0.339 e. The first-order valence-electron chi connectivity index (χ1n) is 10.8. The maximum Gasteiger partial charge on any atom is 0.244 e. The highest BCUT2D eigenvalue weighted by Crippen LogP contribution is 2.37. The third kappa shape index (κ3) is 3.76. The Kier molecular flexibility index (Phi) is 5.59. The molecule has 1 atom stereocenters. The van der Waals surface area contributed by atoms with Gasteiger partial charge in [0, 0.05) is 46.0 Å². The molecule has 2 saturated heterocycles. The molecule has 3 heterocycles. The zero-order valence-corrected chi connectivity index (χ0v) is 17.2. The highest BCUT2D eigenvalue weighted by atomic mass is 16.2. The van der Waals surface area contributed by atoms with E-state index >= 15 is 0 Å². The van der Waals surface area contributed by atoms with Crippen molar-refractivity contribution in [3.05, 3.63) is 12.4 Å². The number of piperazine rings is 1. The van der Waals surface area contributed by atoms with Crippen molar-refractivity contribution in [3.8, 4) is 6.07 Å². The van der Waals surface area contributed by atoms with Gasteiger partial charge >= 0.3 is 0 Å². The van der Waals surface area contributed by atoms with Gasteiger partial charge in [0.05, 0.1) is 24.0 Å². The highest BCUT2D eigenvalue weighted by Gasteiger charge is 2.44. The molecule has 0 aromatic carbocycles. The van der Waals surface area contributed by atoms with Gasteiger partial charge in [0.1, 0.15) is 5.41 Å². The van der Waals surface area contributed by atoms with E-state index in [2.05, 4.69) is 16.1 Å². The van der Waals surface area contributed by atoms with Crippen molar-refractivity contribution in [2.75, 3.05) is 37.6 Å². The minimum atomic E-state index is -0.821. The average molecular weight is 399 g/mol. The number of piperidine rings is 1. The Morgan fingerprint density at radius 3 is 2.48 bits per heavy atom. The molecule has 0 spiro atoms. The summed E-state index contributed by atoms with van der Waals surface area (Å²) >= 11 is 0. The van der Waals surface area contributed by atoms with Crippen LogP contribution < -0.4 is 4.90 Å². The van der Waals surface area contributed by atoms with Gasteiger partial charge in [-0.05, 0) is 25.7 Å². The van der Waals surface area contributed by atoms with Gasteiger partial charge < -0.3 is 9.80 Å². The predicted molar refractivity (Wildman–Crippen MR) is 108 cm³/mol. The van der Waals surface area contributed by atoms with Crippen molar-refractivity contribution < 1.29 is 9.59 Å². The Bertz CT molecular complexity index is 798. The number of carbonyl (C=O) groups excluding carboxylic acids is 2. The predicted octanol–water partition coefficient (Wildman–Crippen LogP) is 1.53. The summed E-state index contributed by atoms with van der Waals surface area (Å²) in [6.07, 6.45) is 9.83. The second-order valence-electron chi connectivity index (χ2n) is 8.60. The fourth-order valence-electron chi connectivity index (χ4n) is 5.07. The highest BCUT2D eigenvalue weighted by molar-refractivity contribution is 5.97. The summed E-state index contributed by atoms with van der Waals surface area (Å²) in [5, 5.41) is 13.9. The second kappa shape index (κ2) is 8.15. The molecule has 8 nitrogen and oxygen atoms in total. The molecule has 4 rings (SSSR count). The summed E-state index contributed by atoms with van der Waals surface area (Å²) in [5.74, 6) is 0.135. The second-order valence-corrected chi connectivity index (χ2v) is 8.60. The molecular formula is C21H30N6O2. The third-order valence-corrected chi connectivity index (χ3v) is 6.79. The van der Waals surface area contributed by atoms with Crippen molar-refractivity contribution in [1.29, 1.82) is 5.26 Å². The molecule has 2 amide bonds. The van der Waals surface area contributed by atoms with E-state index in [1.165, 1.54) is 0 Å². The van der Waals surface area contributed by atoms with Gasteiger partial charge in [-0.15, -0.1) is 0 Å². The van der Waals surface area contributed by atoms with Crippen molar-refractivity contribution in [2.45, 2.75) is 51.0 Å². The first kappa shape index (κ1) is 19.9. The Morgan fingerprint density at radius 1 is 1.14 bits per heavy atom. The number of hydrogen-bond acceptors (Lipinski definition) is 5. The number of anilines is 1. The molecule has 1 saturated carbocycles. The van der Waals surface area contributed by atoms with Crippen molar-refractivity contribution in [2.24, 2.45) is 12.5 Å². The van der Waals surface area contributed by atoms with Gasteiger partial charge in [-0.25, -0.2) is 0 Å². The van der Waals surface area contributed by atoms with E-state index in [0.29, 0.717) is 39.0 Å². The molecule has 1 aromatic rings. The number of rotatable bonds is 3. The molecule has 8 heteroatoms. The van der Waals surface area contributed by atoms with Gasteiger partial charge in [0.2, 0.25) is 11.8 Å². The smallest absolute Gasteiger partial charge is 0.244 e. The summed E-state index contributed by atoms with van der Waals surface area (Å²) in [6, 6.07) is 2.21. The summed E-state index contributed by atoms with van der Waals surface area (Å²) in [6.45, 7) is 3.29. The number of aromatic nitrogens is 2. The summed E-state index contributed by atoms with van der Waals surface area (Å²) in [5.41, 5.74) is 0.0299. The number of nitriles is 1. The van der Waals surface area contributed by atoms with E-state index in [1.54, 1.807) is 10.9 Å². The number of amides is 2. The molecule has 1 aromatic heterocycles. The molecule has 1 unspecified atom stereocenters. The normalized spacial score (nSPS) is 25.7. The van der Waals surface area contributed by atoms with E-state index in [0.717, 1.165) is 44.3 Å². The lowest BCUT2D eigenvalue weighted by Crippen LogP contribution is -2.59. The molecule has 1 aliphatic carbocycles. The van der Waals surface area contributed by atoms with Crippen LogP contribution in [0.4, 0.5) is 5.69 Å². The fourth-order valence-corrected chi connectivity index (χ4v) is 5.07. The van der Waals surface area contributed by atoms with Crippen LogP contribution >= 0.6 is 0 Å². The lowest BCUT2D eigenvalue weighted by molar-refractivity contribution is -0.143. The molecular weight excluding hydrogens is 368 g/mol. The minimum absolute atomic E-state index is 0.00584. The molecule has 29 heavy (non-hydrogen) atoms. The SMILES string of the molecule is Cn1cc(N2CCCC(N3CCN(C(=O)C4(C#N)CCCCC4)CC3)C2=O)cn1. The van der Waals surface area contributed by atoms with Crippen LogP contribution in [0.5, 0.6) is 0 Å². The molecule has 156 valence electrons. The molecule has 3 aliphatic rings. The van der Waals surface area contributed by atoms with Gasteiger partial charge in [-0.1, -0.05) is 19.3 Å². The molecule has 2 aliphatic heterocycles. The number of hydrogen-bond donors (Lipinski definition) is 0. The molecule has 3 fully saturated rings. The van der Waals surface area contributed by atoms with E-state index in [9.17, 15) is 14.9 Å². The van der Waals surface area contributed by atoms with Crippen molar-refractivity contribution in [1.82, 2.24) is 19.6 Å². The van der Waals surface area contributed by atoms with Gasteiger partial charge in [-0.2, -0.15) is 10.4 Å². The number of aryl methyl sites for hydroxylation is 1. The first-order chi connectivity index (χ1) is 14.0. The van der Waals surface area contributed by atoms with Gasteiger partial charge in [0.15, 0.2) is 0 Å². The lowest BCUT2D eigenvalue weighted by Gasteiger charge is -2.44. The Morgan fingerprint density at radius 2 is 1.86 bits per heavy atom. The van der Waals surface area contributed by atoms with Crippen LogP contribution in [0.3, 0.4) is 0 Å². The van der Waals surface area contributed by atoms with Crippen molar-refractivity contribution >= 4 is 17.5 Å². The van der Waals surface area contributed by atoms with Gasteiger partial charge in [-0.3, -0.25) is 19.2 Å². The molecule has 0 radical (unpaired) electrons. The van der Waals surface area contributed by atoms with Crippen LogP contribution in [-0.2, 0) is 16.6 Å². The van der Waals surface area contributed by atoms with Crippen LogP contribution in [-0.4, -0.2) is 70.2 Å². The Labute approximate surface area is 172 Å². The monoisotopic (exact) mass is 398 g/mol. The maximum atomic E-state index is 13.1. The zero-order chi connectivity index (χ0) is 20.4. The summed E-state index contributed by atoms with van der Waals surface area (Å²) in [4.78, 5) is 32.1. The lowest BCUT2D eigenvalue weighted by atomic mass is 9.74. The van der Waals surface area contributed by atoms with Crippen LogP contribution in [0.2, 0.25) is 0 Å². The first-order valence-corrected chi connectivity index (χ1v) is 10.8. The summed E-state index contributed by atoms with van der Waals surface area (Å²) < 4.78 is 1.72. The number of carbonyl (C=O) groups is 2. The minimum Gasteiger partial charge on any atom is -0.339 e. The standard InChI is InChI=1S/C21H30N6O2/c1-24-15-17(14-23-24)27-9-5-6-18(19(27)28)25-10-12-26(13-11-25)20(29)21(16-22)7-3-2-4-8-21/h14-15,18H,2-13H2,1H3. The fraction of sp³-hybridized carbons (Fsp3) is 0.714. The number of nitrogens with zero attached hydrogens (tertiary/aromatic N) is 6. The van der Waals surface area contributed by atoms with Crippen molar-refractivity contribution in [3.63, 3.8) is 0 Å². The molecule has 0 N–H and O–H groups in total. The molecule has 0 bridgehead atoms. The maximum absolute atomic E-state index is 13.1. The summed E-state index contributed by atoms with van der Waals surface area (Å²) in [7, 11) is 1.85.